The number of nitrogens with one attached hydrogen (secondary N) is 2. The molecule has 2 aromatic rings. The first-order valence-corrected chi connectivity index (χ1v) is 9.65. The predicted octanol–water partition coefficient (Wildman–Crippen LogP) is 4.92. The van der Waals surface area contributed by atoms with E-state index in [2.05, 4.69) is 15.6 Å². The van der Waals surface area contributed by atoms with Crippen LogP contribution in [-0.4, -0.2) is 23.5 Å². The molecule has 1 amide bonds. The van der Waals surface area contributed by atoms with Gasteiger partial charge in [0.05, 0.1) is 21.3 Å². The van der Waals surface area contributed by atoms with Crippen LogP contribution in [0, 0.1) is 12.8 Å². The zero-order valence-corrected chi connectivity index (χ0v) is 16.7. The maximum Gasteiger partial charge on any atom is 0.416 e. The van der Waals surface area contributed by atoms with Gasteiger partial charge in [-0.1, -0.05) is 25.4 Å². The lowest BCUT2D eigenvalue weighted by Crippen LogP contribution is -2.43. The van der Waals surface area contributed by atoms with Gasteiger partial charge < -0.3 is 10.6 Å². The number of hydrogen-bond acceptors (Lipinski definition) is 4. The average Bonchev–Trinajstić information content (AvgIpc) is 2.97. The summed E-state index contributed by atoms with van der Waals surface area (Å²) in [5.74, 6) is -0.334. The fourth-order valence-corrected chi connectivity index (χ4v) is 3.44. The summed E-state index contributed by atoms with van der Waals surface area (Å²) in [6, 6.07) is 2.40. The SMILES string of the molecule is Cc1csc(CCNC(=O)[C@H](Nc2ccc(C(F)(F)F)cc2Cl)C(C)C)n1. The molecule has 1 heterocycles. The van der Waals surface area contributed by atoms with Crippen LogP contribution >= 0.6 is 22.9 Å². The number of anilines is 1. The highest BCUT2D eigenvalue weighted by atomic mass is 35.5. The van der Waals surface area contributed by atoms with Crippen molar-refractivity contribution in [3.63, 3.8) is 0 Å². The maximum atomic E-state index is 12.8. The molecule has 27 heavy (non-hydrogen) atoms. The monoisotopic (exact) mass is 419 g/mol. The fourth-order valence-electron chi connectivity index (χ4n) is 2.43. The zero-order chi connectivity index (χ0) is 20.2. The minimum absolute atomic E-state index is 0.0819. The summed E-state index contributed by atoms with van der Waals surface area (Å²) in [5, 5.41) is 8.60. The van der Waals surface area contributed by atoms with Gasteiger partial charge in [-0.15, -0.1) is 11.3 Å². The number of nitrogens with zero attached hydrogens (tertiary/aromatic N) is 1. The molecule has 148 valence electrons. The molecular weight excluding hydrogens is 399 g/mol. The quantitative estimate of drug-likeness (QED) is 0.669. The molecule has 0 saturated carbocycles. The molecule has 0 aliphatic carbocycles. The summed E-state index contributed by atoms with van der Waals surface area (Å²) >= 11 is 7.51. The van der Waals surface area contributed by atoms with Crippen molar-refractivity contribution >= 4 is 34.5 Å². The Balaban J connectivity index is 2.01. The van der Waals surface area contributed by atoms with E-state index >= 15 is 0 Å². The smallest absolute Gasteiger partial charge is 0.372 e. The van der Waals surface area contributed by atoms with Crippen molar-refractivity contribution < 1.29 is 18.0 Å². The molecule has 4 nitrogen and oxygen atoms in total. The lowest BCUT2D eigenvalue weighted by Gasteiger charge is -2.23. The van der Waals surface area contributed by atoms with E-state index in [-0.39, 0.29) is 22.5 Å². The Morgan fingerprint density at radius 2 is 2.04 bits per heavy atom. The summed E-state index contributed by atoms with van der Waals surface area (Å²) in [5.41, 5.74) is 0.399. The number of thiazole rings is 1. The van der Waals surface area contributed by atoms with Gasteiger partial charge in [0.25, 0.3) is 0 Å². The second-order valence-corrected chi connectivity index (χ2v) is 7.83. The van der Waals surface area contributed by atoms with Gasteiger partial charge in [-0.3, -0.25) is 4.79 Å². The van der Waals surface area contributed by atoms with Crippen LogP contribution in [0.25, 0.3) is 0 Å². The van der Waals surface area contributed by atoms with Gasteiger partial charge in [-0.25, -0.2) is 4.98 Å². The molecule has 0 unspecified atom stereocenters. The number of carbonyl (C=O) groups excluding carboxylic acids is 1. The molecule has 0 aliphatic rings. The molecule has 0 saturated heterocycles. The van der Waals surface area contributed by atoms with Crippen LogP contribution in [0.15, 0.2) is 23.6 Å². The van der Waals surface area contributed by atoms with Gasteiger partial charge in [-0.2, -0.15) is 13.2 Å². The predicted molar refractivity (Wildman–Crippen MR) is 102 cm³/mol. The van der Waals surface area contributed by atoms with E-state index in [0.717, 1.165) is 22.8 Å². The molecule has 1 aromatic heterocycles. The van der Waals surface area contributed by atoms with Crippen LogP contribution < -0.4 is 10.6 Å². The molecule has 9 heteroatoms. The van der Waals surface area contributed by atoms with Crippen LogP contribution in [0.5, 0.6) is 0 Å². The van der Waals surface area contributed by atoms with Crippen LogP contribution in [0.2, 0.25) is 5.02 Å². The zero-order valence-electron chi connectivity index (χ0n) is 15.2. The van der Waals surface area contributed by atoms with Crippen LogP contribution in [0.1, 0.15) is 30.1 Å². The van der Waals surface area contributed by atoms with Crippen LogP contribution in [0.4, 0.5) is 18.9 Å². The minimum Gasteiger partial charge on any atom is -0.372 e. The van der Waals surface area contributed by atoms with Gasteiger partial charge in [0.2, 0.25) is 5.91 Å². The minimum atomic E-state index is -4.47. The van der Waals surface area contributed by atoms with Gasteiger partial charge >= 0.3 is 6.18 Å². The number of rotatable bonds is 7. The third-order valence-electron chi connectivity index (χ3n) is 3.86. The first-order chi connectivity index (χ1) is 12.6. The van der Waals surface area contributed by atoms with Crippen molar-refractivity contribution in [3.05, 3.63) is 44.9 Å². The van der Waals surface area contributed by atoms with E-state index < -0.39 is 17.8 Å². The third kappa shape index (κ3) is 6.10. The van der Waals surface area contributed by atoms with Gasteiger partial charge in [0.1, 0.15) is 6.04 Å². The third-order valence-corrected chi connectivity index (χ3v) is 5.20. The number of hydrogen-bond donors (Lipinski definition) is 2. The highest BCUT2D eigenvalue weighted by molar-refractivity contribution is 7.09. The van der Waals surface area contributed by atoms with E-state index in [4.69, 9.17) is 11.6 Å². The van der Waals surface area contributed by atoms with E-state index in [1.165, 1.54) is 17.4 Å². The van der Waals surface area contributed by atoms with Crippen molar-refractivity contribution in [2.45, 2.75) is 39.4 Å². The van der Waals surface area contributed by atoms with Gasteiger partial charge in [0, 0.05) is 24.0 Å². The van der Waals surface area contributed by atoms with E-state index in [9.17, 15) is 18.0 Å². The molecule has 0 spiro atoms. The van der Waals surface area contributed by atoms with E-state index in [1.54, 1.807) is 0 Å². The van der Waals surface area contributed by atoms with Gasteiger partial charge in [0.15, 0.2) is 0 Å². The summed E-state index contributed by atoms with van der Waals surface area (Å²) in [4.78, 5) is 16.8. The van der Waals surface area contributed by atoms with E-state index in [0.29, 0.717) is 13.0 Å². The lowest BCUT2D eigenvalue weighted by molar-refractivity contribution is -0.137. The second kappa shape index (κ2) is 8.93. The highest BCUT2D eigenvalue weighted by Crippen LogP contribution is 2.34. The summed E-state index contributed by atoms with van der Waals surface area (Å²) in [6.45, 7) is 6.03. The summed E-state index contributed by atoms with van der Waals surface area (Å²) in [7, 11) is 0. The number of aromatic nitrogens is 1. The molecule has 1 aromatic carbocycles. The Bertz CT molecular complexity index is 792. The maximum absolute atomic E-state index is 12.8. The number of benzene rings is 1. The van der Waals surface area contributed by atoms with Crippen LogP contribution in [-0.2, 0) is 17.4 Å². The number of aryl methyl sites for hydroxylation is 1. The molecular formula is C18H21ClF3N3OS. The summed E-state index contributed by atoms with van der Waals surface area (Å²) < 4.78 is 38.3. The normalized spacial score (nSPS) is 12.9. The molecule has 0 radical (unpaired) electrons. The van der Waals surface area contributed by atoms with Crippen LogP contribution in [0.3, 0.4) is 0 Å². The highest BCUT2D eigenvalue weighted by Gasteiger charge is 2.31. The number of alkyl halides is 3. The molecule has 0 fully saturated rings. The average molecular weight is 420 g/mol. The van der Waals surface area contributed by atoms with Crippen molar-refractivity contribution in [1.29, 1.82) is 0 Å². The number of carbonyl (C=O) groups is 1. The molecule has 2 N–H and O–H groups in total. The van der Waals surface area contributed by atoms with Crippen molar-refractivity contribution in [3.8, 4) is 0 Å². The largest absolute Gasteiger partial charge is 0.416 e. The molecule has 1 atom stereocenters. The second-order valence-electron chi connectivity index (χ2n) is 6.48. The molecule has 2 rings (SSSR count). The standard InChI is InChI=1S/C18H21ClF3N3OS/c1-10(2)16(17(26)23-7-6-15-24-11(3)9-27-15)25-14-5-4-12(8-13(14)19)18(20,21)22/h4-5,8-10,16,25H,6-7H2,1-3H3,(H,23,26)/t16-/m1/s1. The first-order valence-electron chi connectivity index (χ1n) is 8.40. The first kappa shape index (κ1) is 21.5. The Morgan fingerprint density at radius 1 is 1.33 bits per heavy atom. The number of amides is 1. The van der Waals surface area contributed by atoms with Gasteiger partial charge in [-0.05, 0) is 31.0 Å². The van der Waals surface area contributed by atoms with Crippen molar-refractivity contribution in [2.24, 2.45) is 5.92 Å². The Kier molecular flexibility index (Phi) is 7.11. The summed E-state index contributed by atoms with van der Waals surface area (Å²) in [6.07, 6.45) is -3.85. The lowest BCUT2D eigenvalue weighted by atomic mass is 10.0. The Hall–Kier alpha value is -1.80. The Labute approximate surface area is 165 Å². The van der Waals surface area contributed by atoms with Crippen molar-refractivity contribution in [1.82, 2.24) is 10.3 Å². The van der Waals surface area contributed by atoms with Crippen molar-refractivity contribution in [2.75, 3.05) is 11.9 Å². The Morgan fingerprint density at radius 3 is 2.56 bits per heavy atom. The molecule has 0 aliphatic heterocycles. The molecule has 0 bridgehead atoms. The van der Waals surface area contributed by atoms with E-state index in [1.807, 2.05) is 26.2 Å². The topological polar surface area (TPSA) is 54.0 Å². The number of halogens is 4. The fraction of sp³-hybridized carbons (Fsp3) is 0.444.